The topological polar surface area (TPSA) is 41.3 Å². The van der Waals surface area contributed by atoms with Crippen LogP contribution in [0.4, 0.5) is 11.4 Å². The van der Waals surface area contributed by atoms with Crippen LogP contribution in [-0.2, 0) is 0 Å². The van der Waals surface area contributed by atoms with Crippen LogP contribution >= 0.6 is 15.9 Å². The fourth-order valence-corrected chi connectivity index (χ4v) is 2.58. The molecule has 0 heterocycles. The van der Waals surface area contributed by atoms with E-state index in [4.69, 9.17) is 5.73 Å². The largest absolute Gasteiger partial charge is 0.398 e. The van der Waals surface area contributed by atoms with Crippen LogP contribution in [0.25, 0.3) is 0 Å². The molecule has 100 valence electrons. The molecule has 3 N–H and O–H groups in total. The lowest BCUT2D eigenvalue weighted by molar-refractivity contribution is 0.257. The normalized spacial score (nSPS) is 16.9. The third-order valence-corrected chi connectivity index (χ3v) is 4.42. The molecule has 0 bridgehead atoms. The third kappa shape index (κ3) is 3.18. The molecule has 1 aliphatic carbocycles. The SMILES string of the molecule is Cc1cc(NCC(C)N(C)C2CC2)c(Br)cc1N. The average Bonchev–Trinajstić information content (AvgIpc) is 3.14. The molecule has 0 aliphatic heterocycles. The smallest absolute Gasteiger partial charge is 0.0489 e. The van der Waals surface area contributed by atoms with E-state index in [1.54, 1.807) is 0 Å². The second kappa shape index (κ2) is 5.49. The highest BCUT2D eigenvalue weighted by molar-refractivity contribution is 9.10. The van der Waals surface area contributed by atoms with E-state index in [9.17, 15) is 0 Å². The summed E-state index contributed by atoms with van der Waals surface area (Å²) in [5.74, 6) is 0. The van der Waals surface area contributed by atoms with Crippen molar-refractivity contribution >= 4 is 27.3 Å². The number of nitrogen functional groups attached to an aromatic ring is 1. The molecule has 0 aromatic heterocycles. The maximum Gasteiger partial charge on any atom is 0.0489 e. The minimum atomic E-state index is 0.544. The van der Waals surface area contributed by atoms with Gasteiger partial charge in [-0.05, 0) is 67.4 Å². The van der Waals surface area contributed by atoms with Crippen LogP contribution in [0.2, 0.25) is 0 Å². The van der Waals surface area contributed by atoms with Gasteiger partial charge in [0.2, 0.25) is 0 Å². The van der Waals surface area contributed by atoms with Gasteiger partial charge in [0.25, 0.3) is 0 Å². The van der Waals surface area contributed by atoms with Crippen LogP contribution in [0.15, 0.2) is 16.6 Å². The molecule has 1 atom stereocenters. The molecule has 0 spiro atoms. The van der Waals surface area contributed by atoms with E-state index in [2.05, 4.69) is 46.2 Å². The van der Waals surface area contributed by atoms with Gasteiger partial charge >= 0.3 is 0 Å². The van der Waals surface area contributed by atoms with E-state index < -0.39 is 0 Å². The van der Waals surface area contributed by atoms with E-state index in [0.717, 1.165) is 34.0 Å². The summed E-state index contributed by atoms with van der Waals surface area (Å²) in [5, 5.41) is 3.50. The second-order valence-corrected chi connectivity index (χ2v) is 6.17. The minimum absolute atomic E-state index is 0.544. The van der Waals surface area contributed by atoms with E-state index in [-0.39, 0.29) is 0 Å². The Bertz CT molecular complexity index is 429. The first kappa shape index (κ1) is 13.7. The van der Waals surface area contributed by atoms with Crippen LogP contribution in [0.1, 0.15) is 25.3 Å². The van der Waals surface area contributed by atoms with Gasteiger partial charge in [0.15, 0.2) is 0 Å². The van der Waals surface area contributed by atoms with Gasteiger partial charge in [-0.1, -0.05) is 0 Å². The lowest BCUT2D eigenvalue weighted by Gasteiger charge is -2.25. The summed E-state index contributed by atoms with van der Waals surface area (Å²) in [6, 6.07) is 5.41. The molecule has 1 aromatic rings. The highest BCUT2D eigenvalue weighted by Crippen LogP contribution is 2.29. The predicted octanol–water partition coefficient (Wildman–Crippen LogP) is 3.23. The van der Waals surface area contributed by atoms with Crippen molar-refractivity contribution in [2.24, 2.45) is 0 Å². The van der Waals surface area contributed by atoms with Gasteiger partial charge in [-0.3, -0.25) is 4.90 Å². The molecule has 0 amide bonds. The molecule has 1 saturated carbocycles. The molecule has 0 radical (unpaired) electrons. The number of likely N-dealkylation sites (N-methyl/N-ethyl adjacent to an activating group) is 1. The van der Waals surface area contributed by atoms with E-state index in [1.807, 2.05) is 13.0 Å². The van der Waals surface area contributed by atoms with E-state index >= 15 is 0 Å². The number of benzene rings is 1. The monoisotopic (exact) mass is 311 g/mol. The summed E-state index contributed by atoms with van der Waals surface area (Å²) in [6.07, 6.45) is 2.71. The highest BCUT2D eigenvalue weighted by Gasteiger charge is 2.28. The number of hydrogen-bond acceptors (Lipinski definition) is 3. The summed E-state index contributed by atoms with van der Waals surface area (Å²) >= 11 is 3.55. The second-order valence-electron chi connectivity index (χ2n) is 5.32. The van der Waals surface area contributed by atoms with Gasteiger partial charge < -0.3 is 11.1 Å². The van der Waals surface area contributed by atoms with Crippen molar-refractivity contribution in [2.45, 2.75) is 38.8 Å². The summed E-state index contributed by atoms with van der Waals surface area (Å²) in [4.78, 5) is 2.46. The molecule has 3 nitrogen and oxygen atoms in total. The zero-order chi connectivity index (χ0) is 13.3. The highest BCUT2D eigenvalue weighted by atomic mass is 79.9. The Kier molecular flexibility index (Phi) is 4.17. The van der Waals surface area contributed by atoms with Gasteiger partial charge in [-0.2, -0.15) is 0 Å². The van der Waals surface area contributed by atoms with Gasteiger partial charge in [-0.25, -0.2) is 0 Å². The third-order valence-electron chi connectivity index (χ3n) is 3.76. The van der Waals surface area contributed by atoms with Crippen LogP contribution in [0.5, 0.6) is 0 Å². The summed E-state index contributed by atoms with van der Waals surface area (Å²) in [7, 11) is 2.22. The lowest BCUT2D eigenvalue weighted by Crippen LogP contribution is -2.36. The van der Waals surface area contributed by atoms with Crippen molar-refractivity contribution in [1.29, 1.82) is 0 Å². The molecule has 18 heavy (non-hydrogen) atoms. The zero-order valence-electron chi connectivity index (χ0n) is 11.3. The molecule has 0 saturated heterocycles. The van der Waals surface area contributed by atoms with Crippen molar-refractivity contribution in [2.75, 3.05) is 24.6 Å². The first-order valence-electron chi connectivity index (χ1n) is 6.50. The molecule has 1 aliphatic rings. The van der Waals surface area contributed by atoms with Crippen LogP contribution in [-0.4, -0.2) is 30.6 Å². The lowest BCUT2D eigenvalue weighted by atomic mass is 10.2. The van der Waals surface area contributed by atoms with E-state index in [1.165, 1.54) is 12.8 Å². The standard InChI is InChI=1S/C14H22BrN3/c1-9-6-14(12(15)7-13(9)16)17-8-10(2)18(3)11-4-5-11/h6-7,10-11,17H,4-5,8,16H2,1-3H3. The Morgan fingerprint density at radius 1 is 1.50 bits per heavy atom. The Hall–Kier alpha value is -0.740. The van der Waals surface area contributed by atoms with Gasteiger partial charge in [-0.15, -0.1) is 0 Å². The quantitative estimate of drug-likeness (QED) is 0.820. The Morgan fingerprint density at radius 2 is 2.17 bits per heavy atom. The first-order valence-corrected chi connectivity index (χ1v) is 7.29. The molecule has 4 heteroatoms. The van der Waals surface area contributed by atoms with E-state index in [0.29, 0.717) is 6.04 Å². The molecule has 1 aromatic carbocycles. The number of aryl methyl sites for hydroxylation is 1. The fourth-order valence-electron chi connectivity index (χ4n) is 2.08. The van der Waals surface area contributed by atoms with Crippen LogP contribution in [0, 0.1) is 6.92 Å². The maximum absolute atomic E-state index is 5.88. The van der Waals surface area contributed by atoms with Crippen molar-refractivity contribution in [1.82, 2.24) is 4.90 Å². The summed E-state index contributed by atoms with van der Waals surface area (Å²) in [5.41, 5.74) is 8.94. The minimum Gasteiger partial charge on any atom is -0.398 e. The van der Waals surface area contributed by atoms with Gasteiger partial charge in [0.05, 0.1) is 0 Å². The number of nitrogens with one attached hydrogen (secondary N) is 1. The molecule has 1 unspecified atom stereocenters. The first-order chi connectivity index (χ1) is 8.49. The number of rotatable bonds is 5. The van der Waals surface area contributed by atoms with Crippen molar-refractivity contribution in [3.8, 4) is 0 Å². The van der Waals surface area contributed by atoms with Crippen LogP contribution in [0.3, 0.4) is 0 Å². The number of halogens is 1. The number of hydrogen-bond donors (Lipinski definition) is 2. The molecular weight excluding hydrogens is 290 g/mol. The Morgan fingerprint density at radius 3 is 2.78 bits per heavy atom. The number of nitrogens with two attached hydrogens (primary N) is 1. The fraction of sp³-hybridized carbons (Fsp3) is 0.571. The van der Waals surface area contributed by atoms with Gasteiger partial charge in [0.1, 0.15) is 0 Å². The number of nitrogens with zero attached hydrogens (tertiary/aromatic N) is 1. The summed E-state index contributed by atoms with van der Waals surface area (Å²) in [6.45, 7) is 5.26. The average molecular weight is 312 g/mol. The number of anilines is 2. The Labute approximate surface area is 118 Å². The molecule has 1 fully saturated rings. The van der Waals surface area contributed by atoms with Gasteiger partial charge in [0, 0.05) is 34.5 Å². The van der Waals surface area contributed by atoms with Crippen molar-refractivity contribution in [3.05, 3.63) is 22.2 Å². The van der Waals surface area contributed by atoms with Crippen LogP contribution < -0.4 is 11.1 Å². The Balaban J connectivity index is 1.95. The van der Waals surface area contributed by atoms with Crippen molar-refractivity contribution in [3.63, 3.8) is 0 Å². The van der Waals surface area contributed by atoms with Crippen molar-refractivity contribution < 1.29 is 0 Å². The zero-order valence-corrected chi connectivity index (χ0v) is 12.9. The molecule has 2 rings (SSSR count). The molecular formula is C14H22BrN3. The maximum atomic E-state index is 5.88. The predicted molar refractivity (Wildman–Crippen MR) is 82.0 cm³/mol. The summed E-state index contributed by atoms with van der Waals surface area (Å²) < 4.78 is 1.03.